The fourth-order valence-corrected chi connectivity index (χ4v) is 2.27. The average molecular weight is 274 g/mol. The lowest BCUT2D eigenvalue weighted by Gasteiger charge is -2.16. The first-order chi connectivity index (χ1) is 8.56. The molecular weight excluding hydrogens is 250 g/mol. The van der Waals surface area contributed by atoms with E-state index in [1.54, 1.807) is 13.3 Å². The Bertz CT molecular complexity index is 352. The molecule has 0 aliphatic carbocycles. The number of ether oxygens (including phenoxy) is 1. The molecule has 0 aliphatic heterocycles. The van der Waals surface area contributed by atoms with Gasteiger partial charge in [0.2, 0.25) is 0 Å². The minimum absolute atomic E-state index is 0.392. The van der Waals surface area contributed by atoms with Crippen LogP contribution in [0.3, 0.4) is 0 Å². The minimum atomic E-state index is 0.392. The number of nitrogens with zero attached hydrogens (tertiary/aromatic N) is 2. The molecule has 0 fully saturated rings. The summed E-state index contributed by atoms with van der Waals surface area (Å²) in [5.74, 6) is 0.392. The Labute approximate surface area is 115 Å². The summed E-state index contributed by atoms with van der Waals surface area (Å²) in [7, 11) is 1.70. The maximum atomic E-state index is 6.22. The first kappa shape index (κ1) is 15.5. The number of hydrogen-bond acceptors (Lipinski definition) is 3. The molecule has 104 valence electrons. The zero-order chi connectivity index (χ0) is 13.5. The second-order valence-electron chi connectivity index (χ2n) is 4.89. The average Bonchev–Trinajstić information content (AvgIpc) is 2.67. The molecule has 4 nitrogen and oxygen atoms in total. The van der Waals surface area contributed by atoms with Crippen molar-refractivity contribution in [2.45, 2.75) is 45.7 Å². The zero-order valence-corrected chi connectivity index (χ0v) is 12.5. The van der Waals surface area contributed by atoms with Gasteiger partial charge in [0.15, 0.2) is 0 Å². The van der Waals surface area contributed by atoms with Crippen LogP contribution in [0.25, 0.3) is 0 Å². The van der Waals surface area contributed by atoms with Crippen LogP contribution < -0.4 is 5.32 Å². The smallest absolute Gasteiger partial charge is 0.0820 e. The van der Waals surface area contributed by atoms with Crippen molar-refractivity contribution in [1.29, 1.82) is 0 Å². The third kappa shape index (κ3) is 4.59. The number of nitrogens with one attached hydrogen (secondary N) is 1. The van der Waals surface area contributed by atoms with Crippen molar-refractivity contribution < 1.29 is 4.74 Å². The Hall–Kier alpha value is -0.580. The molecule has 0 bridgehead atoms. The van der Waals surface area contributed by atoms with E-state index < -0.39 is 0 Å². The second-order valence-corrected chi connectivity index (χ2v) is 5.30. The molecule has 1 aromatic rings. The van der Waals surface area contributed by atoms with Crippen molar-refractivity contribution >= 4 is 11.6 Å². The fraction of sp³-hybridized carbons (Fsp3) is 0.769. The van der Waals surface area contributed by atoms with Gasteiger partial charge in [-0.2, -0.15) is 5.10 Å². The quantitative estimate of drug-likeness (QED) is 0.792. The van der Waals surface area contributed by atoms with Crippen molar-refractivity contribution in [3.63, 3.8) is 0 Å². The molecule has 1 heterocycles. The third-order valence-corrected chi connectivity index (χ3v) is 3.23. The first-order valence-electron chi connectivity index (χ1n) is 6.49. The molecule has 0 aliphatic rings. The molecule has 1 atom stereocenters. The van der Waals surface area contributed by atoms with Gasteiger partial charge in [0.25, 0.3) is 0 Å². The van der Waals surface area contributed by atoms with Gasteiger partial charge in [-0.25, -0.2) is 0 Å². The predicted octanol–water partition coefficient (Wildman–Crippen LogP) is 2.67. The van der Waals surface area contributed by atoms with Gasteiger partial charge < -0.3 is 10.1 Å². The van der Waals surface area contributed by atoms with E-state index in [4.69, 9.17) is 16.3 Å². The molecule has 1 aromatic heterocycles. The van der Waals surface area contributed by atoms with Crippen molar-refractivity contribution in [2.75, 3.05) is 20.3 Å². The number of hydrogen-bond donors (Lipinski definition) is 1. The first-order valence-corrected chi connectivity index (χ1v) is 6.87. The van der Waals surface area contributed by atoms with E-state index in [-0.39, 0.29) is 0 Å². The van der Waals surface area contributed by atoms with Crippen molar-refractivity contribution in [3.05, 3.63) is 16.9 Å². The highest BCUT2D eigenvalue weighted by Gasteiger charge is 2.16. The highest BCUT2D eigenvalue weighted by Crippen LogP contribution is 2.26. The molecule has 0 aromatic carbocycles. The molecule has 0 saturated carbocycles. The fourth-order valence-electron chi connectivity index (χ4n) is 1.94. The molecule has 0 amide bonds. The summed E-state index contributed by atoms with van der Waals surface area (Å²) < 4.78 is 7.04. The number of halogens is 1. The maximum absolute atomic E-state index is 6.22. The summed E-state index contributed by atoms with van der Waals surface area (Å²) in [5, 5.41) is 8.48. The maximum Gasteiger partial charge on any atom is 0.0820 e. The van der Waals surface area contributed by atoms with Crippen molar-refractivity contribution in [2.24, 2.45) is 0 Å². The third-order valence-electron chi connectivity index (χ3n) is 2.94. The SMILES string of the molecule is COCCn1ncc(Cl)c1C(C)CCNC(C)C. The lowest BCUT2D eigenvalue weighted by Crippen LogP contribution is -2.25. The molecule has 1 rings (SSSR count). The zero-order valence-electron chi connectivity index (χ0n) is 11.7. The van der Waals surface area contributed by atoms with Crippen LogP contribution in [-0.4, -0.2) is 36.1 Å². The molecule has 1 unspecified atom stereocenters. The Kier molecular flexibility index (Phi) is 6.68. The van der Waals surface area contributed by atoms with Gasteiger partial charge in [-0.15, -0.1) is 0 Å². The van der Waals surface area contributed by atoms with Crippen LogP contribution in [0.2, 0.25) is 5.02 Å². The van der Waals surface area contributed by atoms with Gasteiger partial charge in [-0.05, 0) is 13.0 Å². The standard InChI is InChI=1S/C13H24ClN3O/c1-10(2)15-6-5-11(3)13-12(14)9-16-17(13)7-8-18-4/h9-11,15H,5-8H2,1-4H3. The molecule has 0 saturated heterocycles. The van der Waals surface area contributed by atoms with Gasteiger partial charge in [0.1, 0.15) is 0 Å². The topological polar surface area (TPSA) is 39.1 Å². The molecule has 1 N–H and O–H groups in total. The number of rotatable bonds is 8. The summed E-state index contributed by atoms with van der Waals surface area (Å²) in [5.41, 5.74) is 1.11. The van der Waals surface area contributed by atoms with Gasteiger partial charge in [0, 0.05) is 19.1 Å². The van der Waals surface area contributed by atoms with Gasteiger partial charge in [-0.3, -0.25) is 4.68 Å². The van der Waals surface area contributed by atoms with Gasteiger partial charge in [0.05, 0.1) is 30.1 Å². The molecule has 0 spiro atoms. The largest absolute Gasteiger partial charge is 0.383 e. The van der Waals surface area contributed by atoms with E-state index in [1.807, 2.05) is 4.68 Å². The summed E-state index contributed by atoms with van der Waals surface area (Å²) in [6.45, 7) is 8.89. The Morgan fingerprint density at radius 2 is 2.17 bits per heavy atom. The van der Waals surface area contributed by atoms with E-state index in [0.29, 0.717) is 18.6 Å². The van der Waals surface area contributed by atoms with Crippen molar-refractivity contribution in [3.8, 4) is 0 Å². The number of aromatic nitrogens is 2. The van der Waals surface area contributed by atoms with Crippen LogP contribution in [0.1, 0.15) is 38.8 Å². The predicted molar refractivity (Wildman–Crippen MR) is 75.3 cm³/mol. The van der Waals surface area contributed by atoms with Crippen LogP contribution in [0.15, 0.2) is 6.20 Å². The lowest BCUT2D eigenvalue weighted by molar-refractivity contribution is 0.182. The Balaban J connectivity index is 2.59. The van der Waals surface area contributed by atoms with Crippen LogP contribution in [0, 0.1) is 0 Å². The minimum Gasteiger partial charge on any atom is -0.383 e. The van der Waals surface area contributed by atoms with E-state index in [0.717, 1.165) is 30.2 Å². The van der Waals surface area contributed by atoms with Gasteiger partial charge >= 0.3 is 0 Å². The van der Waals surface area contributed by atoms with Crippen LogP contribution in [0.4, 0.5) is 0 Å². The van der Waals surface area contributed by atoms with Crippen molar-refractivity contribution in [1.82, 2.24) is 15.1 Å². The van der Waals surface area contributed by atoms with E-state index >= 15 is 0 Å². The summed E-state index contributed by atoms with van der Waals surface area (Å²) in [6, 6.07) is 0.520. The van der Waals surface area contributed by atoms with E-state index in [1.165, 1.54) is 0 Å². The Morgan fingerprint density at radius 3 is 2.78 bits per heavy atom. The van der Waals surface area contributed by atoms with Crippen LogP contribution >= 0.6 is 11.6 Å². The van der Waals surface area contributed by atoms with Crippen LogP contribution in [0.5, 0.6) is 0 Å². The molecule has 18 heavy (non-hydrogen) atoms. The summed E-state index contributed by atoms with van der Waals surface area (Å²) in [6.07, 6.45) is 2.77. The lowest BCUT2D eigenvalue weighted by atomic mass is 10.0. The van der Waals surface area contributed by atoms with Crippen LogP contribution in [-0.2, 0) is 11.3 Å². The Morgan fingerprint density at radius 1 is 1.44 bits per heavy atom. The van der Waals surface area contributed by atoms with Gasteiger partial charge in [-0.1, -0.05) is 32.4 Å². The molecule has 0 radical (unpaired) electrons. The van der Waals surface area contributed by atoms with E-state index in [9.17, 15) is 0 Å². The van der Waals surface area contributed by atoms with E-state index in [2.05, 4.69) is 31.2 Å². The highest BCUT2D eigenvalue weighted by atomic mass is 35.5. The normalized spacial score (nSPS) is 13.2. The molecule has 5 heteroatoms. The summed E-state index contributed by atoms with van der Waals surface area (Å²) in [4.78, 5) is 0. The summed E-state index contributed by atoms with van der Waals surface area (Å²) >= 11 is 6.22. The number of methoxy groups -OCH3 is 1. The highest BCUT2D eigenvalue weighted by molar-refractivity contribution is 6.31. The monoisotopic (exact) mass is 273 g/mol. The molecular formula is C13H24ClN3O. The second kappa shape index (κ2) is 7.77.